The van der Waals surface area contributed by atoms with Crippen molar-refractivity contribution in [3.8, 4) is 22.8 Å². The number of carbonyl (C=O) groups excluding carboxylic acids is 1. The Labute approximate surface area is 245 Å². The van der Waals surface area contributed by atoms with Crippen LogP contribution in [0.15, 0.2) is 60.7 Å². The minimum atomic E-state index is -0.896. The molecule has 42 heavy (non-hydrogen) atoms. The van der Waals surface area contributed by atoms with Gasteiger partial charge in [0.2, 0.25) is 0 Å². The molecule has 2 aliphatic heterocycles. The molecule has 0 radical (unpaired) electrons. The lowest BCUT2D eigenvalue weighted by molar-refractivity contribution is 0.0270. The lowest BCUT2D eigenvalue weighted by Crippen LogP contribution is -2.39. The monoisotopic (exact) mass is 571 g/mol. The van der Waals surface area contributed by atoms with Gasteiger partial charge in [-0.05, 0) is 55.9 Å². The van der Waals surface area contributed by atoms with E-state index >= 15 is 0 Å². The third-order valence-corrected chi connectivity index (χ3v) is 7.44. The van der Waals surface area contributed by atoms with Crippen LogP contribution < -0.4 is 0 Å². The van der Waals surface area contributed by atoms with Gasteiger partial charge in [0.05, 0.1) is 6.61 Å². The Hall–Kier alpha value is -4.44. The smallest absolute Gasteiger partial charge is 0.410 e. The van der Waals surface area contributed by atoms with Crippen LogP contribution in [0.2, 0.25) is 0 Å². The molecule has 0 saturated carbocycles. The molecule has 0 saturated heterocycles. The summed E-state index contributed by atoms with van der Waals surface area (Å²) < 4.78 is 7.42. The van der Waals surface area contributed by atoms with Crippen molar-refractivity contribution in [3.63, 3.8) is 0 Å². The number of nitrogens with zero attached hydrogens (tertiary/aromatic N) is 5. The lowest BCUT2D eigenvalue weighted by atomic mass is 9.98. The predicted octanol–water partition coefficient (Wildman–Crippen LogP) is 5.40. The molecule has 0 bridgehead atoms. The van der Waals surface area contributed by atoms with E-state index < -0.39 is 11.7 Å². The number of carboxylic acid groups (broad SMARTS) is 1. The second-order valence-electron chi connectivity index (χ2n) is 11.5. The van der Waals surface area contributed by atoms with Gasteiger partial charge in [-0.1, -0.05) is 60.7 Å². The van der Waals surface area contributed by atoms with Crippen molar-refractivity contribution < 1.29 is 24.5 Å². The topological polar surface area (TPSA) is 121 Å². The molecule has 2 aromatic carbocycles. The normalized spacial score (nSPS) is 15.7. The molecule has 3 heterocycles. The van der Waals surface area contributed by atoms with Crippen LogP contribution in [-0.4, -0.2) is 85.4 Å². The first-order valence-electron chi connectivity index (χ1n) is 14.2. The molecule has 0 unspecified atom stereocenters. The highest BCUT2D eigenvalue weighted by Gasteiger charge is 2.24. The van der Waals surface area contributed by atoms with E-state index in [1.807, 2.05) is 67.8 Å². The summed E-state index contributed by atoms with van der Waals surface area (Å²) in [4.78, 5) is 26.7. The molecule has 5 rings (SSSR count). The average Bonchev–Trinajstić information content (AvgIpc) is 3.40. The summed E-state index contributed by atoms with van der Waals surface area (Å²) in [5.74, 6) is 1.34. The van der Waals surface area contributed by atoms with Crippen LogP contribution in [0, 0.1) is 0 Å². The Morgan fingerprint density at radius 2 is 1.24 bits per heavy atom. The molecule has 10 heteroatoms. The third-order valence-electron chi connectivity index (χ3n) is 7.44. The zero-order chi connectivity index (χ0) is 29.9. The van der Waals surface area contributed by atoms with Crippen LogP contribution in [0.4, 0.5) is 9.59 Å². The molecule has 2 aliphatic rings. The van der Waals surface area contributed by atoms with E-state index in [1.165, 1.54) is 10.5 Å². The van der Waals surface area contributed by atoms with Crippen molar-refractivity contribution in [1.82, 2.24) is 24.6 Å². The minimum Gasteiger partial charge on any atom is -0.465 e. The first-order chi connectivity index (χ1) is 20.1. The van der Waals surface area contributed by atoms with Crippen molar-refractivity contribution in [2.45, 2.75) is 45.8 Å². The van der Waals surface area contributed by atoms with Gasteiger partial charge < -0.3 is 29.3 Å². The number of aliphatic hydroxyl groups excluding tert-OH is 1. The zero-order valence-electron chi connectivity index (χ0n) is 24.3. The molecule has 2 amide bonds. The van der Waals surface area contributed by atoms with Crippen molar-refractivity contribution in [2.24, 2.45) is 0 Å². The van der Waals surface area contributed by atoms with Crippen LogP contribution in [0.1, 0.15) is 44.7 Å². The summed E-state index contributed by atoms with van der Waals surface area (Å²) in [5.41, 5.74) is 5.72. The first kappa shape index (κ1) is 29.1. The van der Waals surface area contributed by atoms with Crippen LogP contribution in [0.25, 0.3) is 33.9 Å². The maximum absolute atomic E-state index is 12.4. The second kappa shape index (κ2) is 12.2. The number of hydrogen-bond acceptors (Lipinski definition) is 6. The molecule has 2 N–H and O–H groups in total. The van der Waals surface area contributed by atoms with Crippen molar-refractivity contribution >= 4 is 23.3 Å². The van der Waals surface area contributed by atoms with Crippen LogP contribution in [-0.2, 0) is 11.3 Å². The number of hydrogen-bond donors (Lipinski definition) is 2. The summed E-state index contributed by atoms with van der Waals surface area (Å²) in [5, 5.41) is 27.9. The summed E-state index contributed by atoms with van der Waals surface area (Å²) in [6.07, 6.45) is 4.26. The number of carbonyl (C=O) groups is 2. The standard InChI is InChI=1S/C32H37N5O5/c1-32(2,3)42-31(41)36-18-14-25(15-19-36)23-6-10-27(11-7-23)29-34-33-28(37(29)20-21-38)26-8-4-22(5-9-26)24-12-16-35(17-13-24)30(39)40/h4-12,14,38H,13,15-21H2,1-3H3,(H,39,40). The lowest BCUT2D eigenvalue weighted by Gasteiger charge is -2.29. The summed E-state index contributed by atoms with van der Waals surface area (Å²) in [7, 11) is 0. The molecule has 1 aromatic heterocycles. The Kier molecular flexibility index (Phi) is 8.44. The quantitative estimate of drug-likeness (QED) is 0.407. The Balaban J connectivity index is 1.31. The molecule has 0 spiro atoms. The number of amides is 2. The van der Waals surface area contributed by atoms with Crippen LogP contribution >= 0.6 is 0 Å². The van der Waals surface area contributed by atoms with Crippen LogP contribution in [0.5, 0.6) is 0 Å². The molecule has 0 fully saturated rings. The fourth-order valence-corrected chi connectivity index (χ4v) is 5.24. The van der Waals surface area contributed by atoms with E-state index in [0.717, 1.165) is 34.2 Å². The fourth-order valence-electron chi connectivity index (χ4n) is 5.24. The van der Waals surface area contributed by atoms with E-state index in [2.05, 4.69) is 28.4 Å². The number of aromatic nitrogens is 3. The summed E-state index contributed by atoms with van der Waals surface area (Å²) in [6, 6.07) is 16.1. The predicted molar refractivity (Wildman–Crippen MR) is 161 cm³/mol. The summed E-state index contributed by atoms with van der Waals surface area (Å²) in [6.45, 7) is 7.89. The van der Waals surface area contributed by atoms with E-state index in [-0.39, 0.29) is 12.7 Å². The largest absolute Gasteiger partial charge is 0.465 e. The SMILES string of the molecule is CC(C)(C)OC(=O)N1CC=C(c2ccc(-c3nnc(-c4ccc(C5=CCN(C(=O)O)CC5)cc4)n3CCO)cc2)CC1. The molecule has 0 atom stereocenters. The molecule has 220 valence electrons. The highest BCUT2D eigenvalue weighted by Crippen LogP contribution is 2.30. The van der Waals surface area contributed by atoms with E-state index in [1.54, 1.807) is 4.90 Å². The summed E-state index contributed by atoms with van der Waals surface area (Å²) >= 11 is 0. The van der Waals surface area contributed by atoms with Gasteiger partial charge in [-0.25, -0.2) is 9.59 Å². The number of aliphatic hydroxyl groups is 1. The zero-order valence-corrected chi connectivity index (χ0v) is 24.3. The van der Waals surface area contributed by atoms with Gasteiger partial charge in [0.1, 0.15) is 5.60 Å². The highest BCUT2D eigenvalue weighted by molar-refractivity contribution is 5.75. The second-order valence-corrected chi connectivity index (χ2v) is 11.5. The van der Waals surface area contributed by atoms with Crippen molar-refractivity contribution in [1.29, 1.82) is 0 Å². The molecule has 0 aliphatic carbocycles. The number of benzene rings is 2. The van der Waals surface area contributed by atoms with Gasteiger partial charge >= 0.3 is 12.2 Å². The highest BCUT2D eigenvalue weighted by atomic mass is 16.6. The fraction of sp³-hybridized carbons (Fsp3) is 0.375. The van der Waals surface area contributed by atoms with Gasteiger partial charge in [-0.3, -0.25) is 0 Å². The van der Waals surface area contributed by atoms with E-state index in [4.69, 9.17) is 4.74 Å². The molecular weight excluding hydrogens is 534 g/mol. The van der Waals surface area contributed by atoms with Crippen molar-refractivity contribution in [2.75, 3.05) is 32.8 Å². The Bertz CT molecular complexity index is 1500. The first-order valence-corrected chi connectivity index (χ1v) is 14.2. The molecular formula is C32H37N5O5. The van der Waals surface area contributed by atoms with Gasteiger partial charge in [0, 0.05) is 43.9 Å². The van der Waals surface area contributed by atoms with Gasteiger partial charge in [-0.15, -0.1) is 10.2 Å². The minimum absolute atomic E-state index is 0.0534. The van der Waals surface area contributed by atoms with Gasteiger partial charge in [0.25, 0.3) is 0 Å². The molecule has 3 aromatic rings. The van der Waals surface area contributed by atoms with Crippen LogP contribution in [0.3, 0.4) is 0 Å². The van der Waals surface area contributed by atoms with E-state index in [0.29, 0.717) is 50.8 Å². The number of rotatable bonds is 6. The molecule has 10 nitrogen and oxygen atoms in total. The van der Waals surface area contributed by atoms with E-state index in [9.17, 15) is 19.8 Å². The third kappa shape index (κ3) is 6.54. The average molecular weight is 572 g/mol. The maximum atomic E-state index is 12.4. The van der Waals surface area contributed by atoms with Crippen molar-refractivity contribution in [3.05, 3.63) is 71.8 Å². The van der Waals surface area contributed by atoms with Gasteiger partial charge in [0.15, 0.2) is 11.6 Å². The maximum Gasteiger partial charge on any atom is 0.410 e. The van der Waals surface area contributed by atoms with Gasteiger partial charge in [-0.2, -0.15) is 0 Å². The number of ether oxygens (including phenoxy) is 1. The Morgan fingerprint density at radius 1 is 0.786 bits per heavy atom. The Morgan fingerprint density at radius 3 is 1.62 bits per heavy atom.